The lowest BCUT2D eigenvalue weighted by Gasteiger charge is -2.15. The number of para-hydroxylation sites is 1. The van der Waals surface area contributed by atoms with Crippen molar-refractivity contribution in [2.45, 2.75) is 98.8 Å². The van der Waals surface area contributed by atoms with E-state index in [4.69, 9.17) is 4.42 Å². The highest BCUT2D eigenvalue weighted by molar-refractivity contribution is 5.83. The molecule has 2 atom stereocenters. The van der Waals surface area contributed by atoms with Crippen LogP contribution in [0, 0.1) is 17.8 Å². The predicted octanol–water partition coefficient (Wildman–Crippen LogP) is 8.43. The van der Waals surface area contributed by atoms with E-state index in [1.165, 1.54) is 56.9 Å². The molecule has 3 heteroatoms. The summed E-state index contributed by atoms with van der Waals surface area (Å²) < 4.78 is 5.36. The standard InChI is InChI=1S/C29H44O3/c1-21(2)11-8-12-22(3)13-9-14-23(4)15-10-16-24(5)19-20-26-28(30)25-17-6-7-18-27(25)32-29(26)31/h6-7,17-19,21-23,30H,8-16,20H2,1-5H3/t22-,23-/m1/s1. The predicted molar refractivity (Wildman–Crippen MR) is 136 cm³/mol. The van der Waals surface area contributed by atoms with Gasteiger partial charge in [-0.05, 0) is 49.7 Å². The third kappa shape index (κ3) is 8.84. The Morgan fingerprint density at radius 3 is 2.19 bits per heavy atom. The number of fused-ring (bicyclic) bond motifs is 1. The zero-order valence-electron chi connectivity index (χ0n) is 21.0. The zero-order chi connectivity index (χ0) is 23.5. The van der Waals surface area contributed by atoms with Gasteiger partial charge in [-0.1, -0.05) is 96.4 Å². The summed E-state index contributed by atoms with van der Waals surface area (Å²) in [6.45, 7) is 11.5. The van der Waals surface area contributed by atoms with E-state index in [1.807, 2.05) is 6.07 Å². The lowest BCUT2D eigenvalue weighted by atomic mass is 9.91. The molecule has 0 fully saturated rings. The molecular formula is C29H44O3. The Balaban J connectivity index is 1.70. The number of allylic oxidation sites excluding steroid dienone is 2. The molecule has 0 spiro atoms. The first-order valence-corrected chi connectivity index (χ1v) is 12.7. The average Bonchev–Trinajstić information content (AvgIpc) is 2.73. The van der Waals surface area contributed by atoms with Gasteiger partial charge in [-0.15, -0.1) is 0 Å². The molecule has 0 unspecified atom stereocenters. The van der Waals surface area contributed by atoms with Gasteiger partial charge in [-0.2, -0.15) is 0 Å². The molecule has 1 N–H and O–H groups in total. The van der Waals surface area contributed by atoms with Crippen LogP contribution >= 0.6 is 0 Å². The van der Waals surface area contributed by atoms with Crippen molar-refractivity contribution in [3.63, 3.8) is 0 Å². The van der Waals surface area contributed by atoms with Gasteiger partial charge in [0.15, 0.2) is 0 Å². The van der Waals surface area contributed by atoms with Crippen molar-refractivity contribution in [2.24, 2.45) is 17.8 Å². The molecule has 1 aromatic heterocycles. The fourth-order valence-corrected chi connectivity index (χ4v) is 4.44. The van der Waals surface area contributed by atoms with E-state index in [2.05, 4.69) is 40.7 Å². The summed E-state index contributed by atoms with van der Waals surface area (Å²) in [5.41, 5.74) is 1.59. The summed E-state index contributed by atoms with van der Waals surface area (Å²) in [7, 11) is 0. The summed E-state index contributed by atoms with van der Waals surface area (Å²) in [6.07, 6.45) is 14.1. The van der Waals surface area contributed by atoms with Crippen molar-refractivity contribution in [1.82, 2.24) is 0 Å². The smallest absolute Gasteiger partial charge is 0.343 e. The normalized spacial score (nSPS) is 14.2. The van der Waals surface area contributed by atoms with Crippen LogP contribution in [0.5, 0.6) is 5.75 Å². The van der Waals surface area contributed by atoms with Crippen LogP contribution in [0.25, 0.3) is 11.0 Å². The molecule has 3 nitrogen and oxygen atoms in total. The molecular weight excluding hydrogens is 396 g/mol. The van der Waals surface area contributed by atoms with Gasteiger partial charge >= 0.3 is 5.63 Å². The molecule has 0 aliphatic rings. The van der Waals surface area contributed by atoms with Gasteiger partial charge in [0.25, 0.3) is 0 Å². The molecule has 0 radical (unpaired) electrons. The van der Waals surface area contributed by atoms with Crippen molar-refractivity contribution in [1.29, 1.82) is 0 Å². The Kier molecular flexibility index (Phi) is 11.1. The van der Waals surface area contributed by atoms with Gasteiger partial charge in [0.2, 0.25) is 0 Å². The lowest BCUT2D eigenvalue weighted by molar-refractivity contribution is 0.389. The van der Waals surface area contributed by atoms with Crippen LogP contribution in [0.15, 0.2) is 45.1 Å². The number of hydrogen-bond acceptors (Lipinski definition) is 3. The van der Waals surface area contributed by atoms with Crippen molar-refractivity contribution in [3.8, 4) is 5.75 Å². The van der Waals surface area contributed by atoms with Crippen molar-refractivity contribution >= 4 is 11.0 Å². The van der Waals surface area contributed by atoms with Crippen LogP contribution in [-0.4, -0.2) is 5.11 Å². The largest absolute Gasteiger partial charge is 0.507 e. The molecule has 0 aliphatic heterocycles. The maximum Gasteiger partial charge on any atom is 0.343 e. The Labute approximate surface area is 194 Å². The molecule has 32 heavy (non-hydrogen) atoms. The van der Waals surface area contributed by atoms with Crippen LogP contribution in [0.1, 0.15) is 98.0 Å². The van der Waals surface area contributed by atoms with E-state index in [0.29, 0.717) is 23.0 Å². The second-order valence-corrected chi connectivity index (χ2v) is 10.3. The van der Waals surface area contributed by atoms with Crippen molar-refractivity contribution in [2.75, 3.05) is 0 Å². The van der Waals surface area contributed by atoms with E-state index >= 15 is 0 Å². The first-order valence-electron chi connectivity index (χ1n) is 12.7. The topological polar surface area (TPSA) is 50.4 Å². The molecule has 1 aromatic carbocycles. The van der Waals surface area contributed by atoms with Crippen molar-refractivity contribution in [3.05, 3.63) is 51.9 Å². The highest BCUT2D eigenvalue weighted by atomic mass is 16.4. The van der Waals surface area contributed by atoms with E-state index in [9.17, 15) is 9.90 Å². The minimum absolute atomic E-state index is 0.0490. The van der Waals surface area contributed by atoms with Gasteiger partial charge in [0.05, 0.1) is 10.9 Å². The Morgan fingerprint density at radius 2 is 1.53 bits per heavy atom. The summed E-state index contributed by atoms with van der Waals surface area (Å²) in [4.78, 5) is 12.3. The van der Waals surface area contributed by atoms with Gasteiger partial charge < -0.3 is 9.52 Å². The van der Waals surface area contributed by atoms with Crippen LogP contribution in [0.2, 0.25) is 0 Å². The minimum atomic E-state index is -0.447. The maximum absolute atomic E-state index is 12.3. The van der Waals surface area contributed by atoms with E-state index in [1.54, 1.807) is 18.2 Å². The van der Waals surface area contributed by atoms with Gasteiger partial charge in [0.1, 0.15) is 11.3 Å². The van der Waals surface area contributed by atoms with Gasteiger partial charge in [0, 0.05) is 6.42 Å². The van der Waals surface area contributed by atoms with Gasteiger partial charge in [-0.25, -0.2) is 4.79 Å². The van der Waals surface area contributed by atoms with E-state index in [0.717, 1.165) is 24.2 Å². The Hall–Kier alpha value is -2.03. The minimum Gasteiger partial charge on any atom is -0.507 e. The summed E-state index contributed by atoms with van der Waals surface area (Å²) in [6, 6.07) is 7.11. The highest BCUT2D eigenvalue weighted by Gasteiger charge is 2.12. The van der Waals surface area contributed by atoms with Gasteiger partial charge in [-0.3, -0.25) is 0 Å². The molecule has 2 rings (SSSR count). The molecule has 0 aliphatic carbocycles. The fraction of sp³-hybridized carbons (Fsp3) is 0.621. The van der Waals surface area contributed by atoms with Crippen LogP contribution in [0.3, 0.4) is 0 Å². The summed E-state index contributed by atoms with van der Waals surface area (Å²) in [5.74, 6) is 2.50. The highest BCUT2D eigenvalue weighted by Crippen LogP contribution is 2.27. The lowest BCUT2D eigenvalue weighted by Crippen LogP contribution is -2.07. The quantitative estimate of drug-likeness (QED) is 0.237. The van der Waals surface area contributed by atoms with Crippen LogP contribution < -0.4 is 5.63 Å². The second-order valence-electron chi connectivity index (χ2n) is 10.3. The molecule has 0 bridgehead atoms. The maximum atomic E-state index is 12.3. The fourth-order valence-electron chi connectivity index (χ4n) is 4.44. The van der Waals surface area contributed by atoms with Crippen molar-refractivity contribution < 1.29 is 9.52 Å². The molecule has 178 valence electrons. The molecule has 0 saturated heterocycles. The van der Waals surface area contributed by atoms with E-state index in [-0.39, 0.29) is 5.75 Å². The third-order valence-electron chi connectivity index (χ3n) is 6.67. The molecule has 1 heterocycles. The number of hydrogen-bond donors (Lipinski definition) is 1. The number of aromatic hydroxyl groups is 1. The second kappa shape index (κ2) is 13.5. The Morgan fingerprint density at radius 1 is 0.938 bits per heavy atom. The number of benzene rings is 1. The first-order chi connectivity index (χ1) is 15.3. The van der Waals surface area contributed by atoms with E-state index < -0.39 is 5.63 Å². The first kappa shape index (κ1) is 26.2. The van der Waals surface area contributed by atoms with Crippen LogP contribution in [0.4, 0.5) is 0 Å². The number of rotatable bonds is 14. The zero-order valence-corrected chi connectivity index (χ0v) is 21.0. The summed E-state index contributed by atoms with van der Waals surface area (Å²) in [5, 5.41) is 11.1. The third-order valence-corrected chi connectivity index (χ3v) is 6.67. The van der Waals surface area contributed by atoms with Crippen LogP contribution in [-0.2, 0) is 6.42 Å². The monoisotopic (exact) mass is 440 g/mol. The average molecular weight is 441 g/mol. The molecule has 0 saturated carbocycles. The SMILES string of the molecule is CC(=CCc1c(O)c2ccccc2oc1=O)CCC[C@H](C)CCC[C@H](C)CCCC(C)C. The molecule has 0 amide bonds. The molecule has 2 aromatic rings. The summed E-state index contributed by atoms with van der Waals surface area (Å²) >= 11 is 0. The Bertz CT molecular complexity index is 906.